The van der Waals surface area contributed by atoms with Gasteiger partial charge in [0.2, 0.25) is 6.41 Å². The number of ether oxygens (including phenoxy) is 1. The summed E-state index contributed by atoms with van der Waals surface area (Å²) in [4.78, 5) is 9.45. The van der Waals surface area contributed by atoms with Crippen LogP contribution in [0.2, 0.25) is 0 Å². The maximum absolute atomic E-state index is 14.7. The molecule has 3 N–H and O–H groups in total. The van der Waals surface area contributed by atoms with E-state index in [-0.39, 0.29) is 15.3 Å². The lowest BCUT2D eigenvalue weighted by Crippen LogP contribution is -2.10. The van der Waals surface area contributed by atoms with E-state index >= 15 is 0 Å². The summed E-state index contributed by atoms with van der Waals surface area (Å²) >= 11 is 5.34. The third-order valence-corrected chi connectivity index (χ3v) is 7.41. The highest BCUT2D eigenvalue weighted by atomic mass is 32.8. The number of nitrogens with one attached hydrogen (secondary N) is 3. The average molecular weight is 453 g/mol. The second-order valence-corrected chi connectivity index (χ2v) is 10.4. The number of benzene rings is 1. The third kappa shape index (κ3) is 5.65. The Balaban J connectivity index is 0.000000377. The summed E-state index contributed by atoms with van der Waals surface area (Å²) in [6.45, 7) is 2.81. The molecule has 0 spiro atoms. The highest BCUT2D eigenvalue weighted by molar-refractivity contribution is 8.28. The van der Waals surface area contributed by atoms with E-state index in [4.69, 9.17) is 15.9 Å². The minimum atomic E-state index is -0.183. The molecule has 2 heterocycles. The topological polar surface area (TPSA) is 79.0 Å². The molecule has 1 fully saturated rings. The van der Waals surface area contributed by atoms with Crippen molar-refractivity contribution in [2.24, 2.45) is 0 Å². The molecule has 3 atom stereocenters. The van der Waals surface area contributed by atoms with Crippen LogP contribution in [0.4, 0.5) is 15.9 Å². The molecule has 30 heavy (non-hydrogen) atoms. The monoisotopic (exact) mass is 452 g/mol. The highest BCUT2D eigenvalue weighted by Crippen LogP contribution is 2.36. The number of aromatic nitrogens is 2. The minimum absolute atomic E-state index is 0.155. The molecule has 1 aliphatic heterocycles. The van der Waals surface area contributed by atoms with E-state index in [0.29, 0.717) is 35.7 Å². The van der Waals surface area contributed by atoms with Gasteiger partial charge in [-0.05, 0) is 37.3 Å². The molecule has 3 unspecified atom stereocenters. The SMILES string of the molecule is CCCNC=O.COC1CCC(c2cc(Nc3ccc4c(c3F)CS(=S)C4)n[nH]2)C1. The number of fused-ring (bicyclic) bond motifs is 1. The number of aromatic amines is 1. The smallest absolute Gasteiger partial charge is 0.207 e. The predicted molar refractivity (Wildman–Crippen MR) is 122 cm³/mol. The van der Waals surface area contributed by atoms with Crippen LogP contribution in [-0.2, 0) is 41.7 Å². The molecule has 164 valence electrons. The molecule has 2 aliphatic rings. The predicted octanol–water partition coefficient (Wildman–Crippen LogP) is 3.81. The number of halogens is 1. The van der Waals surface area contributed by atoms with Crippen LogP contribution in [0.25, 0.3) is 0 Å². The molecule has 1 aromatic heterocycles. The Hall–Kier alpha value is -1.84. The van der Waals surface area contributed by atoms with Crippen molar-refractivity contribution in [3.63, 3.8) is 0 Å². The standard InChI is InChI=1S/C17H20FN3OS2.C4H9NO/c1-22-12-4-2-10(6-12)15-7-16(21-20-15)19-14-5-3-11-8-24(23)9-13(11)17(14)18;1-2-3-5-4-6/h3,5,7,10,12H,2,4,6,8-9H2,1H3,(H2,19,20,21);4H,2-3H2,1H3,(H,5,6). The zero-order valence-corrected chi connectivity index (χ0v) is 19.0. The number of H-pyrrole nitrogens is 1. The first-order valence-corrected chi connectivity index (χ1v) is 12.7. The van der Waals surface area contributed by atoms with Gasteiger partial charge in [-0.2, -0.15) is 5.10 Å². The Morgan fingerprint density at radius 3 is 2.90 bits per heavy atom. The first kappa shape index (κ1) is 22.8. The van der Waals surface area contributed by atoms with Gasteiger partial charge in [0, 0.05) is 48.4 Å². The van der Waals surface area contributed by atoms with Gasteiger partial charge in [0.15, 0.2) is 11.6 Å². The van der Waals surface area contributed by atoms with Gasteiger partial charge in [0.25, 0.3) is 0 Å². The maximum Gasteiger partial charge on any atom is 0.207 e. The number of amides is 1. The number of anilines is 2. The zero-order chi connectivity index (χ0) is 21.5. The van der Waals surface area contributed by atoms with E-state index in [1.165, 1.54) is 0 Å². The van der Waals surface area contributed by atoms with E-state index in [0.717, 1.165) is 54.8 Å². The summed E-state index contributed by atoms with van der Waals surface area (Å²) < 4.78 is 20.1. The fraction of sp³-hybridized carbons (Fsp3) is 0.524. The molecule has 9 heteroatoms. The number of carbonyl (C=O) groups is 1. The number of hydrogen-bond donors (Lipinski definition) is 3. The van der Waals surface area contributed by atoms with Gasteiger partial charge in [0.05, 0.1) is 11.8 Å². The first-order chi connectivity index (χ1) is 14.5. The number of carbonyl (C=O) groups excluding carboxylic acids is 1. The van der Waals surface area contributed by atoms with E-state index in [1.54, 1.807) is 13.2 Å². The van der Waals surface area contributed by atoms with E-state index < -0.39 is 0 Å². The summed E-state index contributed by atoms with van der Waals surface area (Å²) in [6.07, 6.45) is 5.23. The van der Waals surface area contributed by atoms with Crippen molar-refractivity contribution in [3.8, 4) is 0 Å². The molecule has 4 rings (SSSR count). The van der Waals surface area contributed by atoms with Gasteiger partial charge in [-0.15, -0.1) is 9.45 Å². The van der Waals surface area contributed by atoms with Gasteiger partial charge < -0.3 is 15.4 Å². The van der Waals surface area contributed by atoms with Gasteiger partial charge in [0.1, 0.15) is 0 Å². The van der Waals surface area contributed by atoms with Crippen molar-refractivity contribution in [2.75, 3.05) is 19.0 Å². The van der Waals surface area contributed by atoms with Crippen LogP contribution in [0.3, 0.4) is 0 Å². The molecule has 6 nitrogen and oxygen atoms in total. The fourth-order valence-corrected chi connectivity index (χ4v) is 5.91. The molecular weight excluding hydrogens is 423 g/mol. The number of methoxy groups -OCH3 is 1. The summed E-state index contributed by atoms with van der Waals surface area (Å²) in [5.41, 5.74) is 3.39. The lowest BCUT2D eigenvalue weighted by atomic mass is 10.0. The van der Waals surface area contributed by atoms with Crippen molar-refractivity contribution in [2.45, 2.75) is 56.1 Å². The van der Waals surface area contributed by atoms with Crippen LogP contribution in [0.15, 0.2) is 18.2 Å². The summed E-state index contributed by atoms with van der Waals surface area (Å²) in [6, 6.07) is 5.75. The number of hydrogen-bond acceptors (Lipinski definition) is 5. The molecular formula is C21H29FN4O2S2. The molecule has 0 radical (unpaired) electrons. The van der Waals surface area contributed by atoms with Crippen LogP contribution < -0.4 is 10.6 Å². The quantitative estimate of drug-likeness (QED) is 0.440. The Morgan fingerprint density at radius 1 is 1.40 bits per heavy atom. The van der Waals surface area contributed by atoms with Crippen molar-refractivity contribution >= 4 is 38.6 Å². The summed E-state index contributed by atoms with van der Waals surface area (Å²) in [7, 11) is 1.61. The lowest BCUT2D eigenvalue weighted by molar-refractivity contribution is -0.109. The summed E-state index contributed by atoms with van der Waals surface area (Å²) in [5.74, 6) is 2.39. The van der Waals surface area contributed by atoms with Crippen LogP contribution in [0, 0.1) is 5.82 Å². The Kier molecular flexibility index (Phi) is 8.35. The minimum Gasteiger partial charge on any atom is -0.381 e. The first-order valence-electron chi connectivity index (χ1n) is 10.2. The van der Waals surface area contributed by atoms with Crippen LogP contribution in [0.5, 0.6) is 0 Å². The van der Waals surface area contributed by atoms with Crippen molar-refractivity contribution in [1.82, 2.24) is 15.5 Å². The molecule has 1 aliphatic carbocycles. The molecule has 1 saturated carbocycles. The van der Waals surface area contributed by atoms with Crippen LogP contribution in [0.1, 0.15) is 55.3 Å². The molecule has 2 aromatic rings. The highest BCUT2D eigenvalue weighted by Gasteiger charge is 2.27. The molecule has 1 amide bonds. The average Bonchev–Trinajstić information content (AvgIpc) is 3.48. The lowest BCUT2D eigenvalue weighted by Gasteiger charge is -2.08. The van der Waals surface area contributed by atoms with E-state index in [1.807, 2.05) is 19.1 Å². The normalized spacial score (nSPS) is 22.2. The Bertz CT molecular complexity index is 890. The number of nitrogens with zero attached hydrogens (tertiary/aromatic N) is 1. The summed E-state index contributed by atoms with van der Waals surface area (Å²) in [5, 5.41) is 13.0. The van der Waals surface area contributed by atoms with Crippen molar-refractivity contribution < 1.29 is 13.9 Å². The molecule has 0 bridgehead atoms. The Morgan fingerprint density at radius 2 is 2.23 bits per heavy atom. The number of rotatable bonds is 7. The van der Waals surface area contributed by atoms with E-state index in [9.17, 15) is 9.18 Å². The molecule has 1 aromatic carbocycles. The second-order valence-electron chi connectivity index (χ2n) is 7.57. The van der Waals surface area contributed by atoms with Crippen LogP contribution in [-0.4, -0.2) is 36.4 Å². The van der Waals surface area contributed by atoms with Gasteiger partial charge in [-0.25, -0.2) is 4.39 Å². The van der Waals surface area contributed by atoms with Gasteiger partial charge >= 0.3 is 0 Å². The second kappa shape index (κ2) is 11.0. The zero-order valence-electron chi connectivity index (χ0n) is 17.4. The van der Waals surface area contributed by atoms with Crippen molar-refractivity contribution in [1.29, 1.82) is 0 Å². The fourth-order valence-electron chi connectivity index (χ4n) is 3.82. The molecule has 0 saturated heterocycles. The van der Waals surface area contributed by atoms with Crippen molar-refractivity contribution in [3.05, 3.63) is 40.8 Å². The largest absolute Gasteiger partial charge is 0.381 e. The maximum atomic E-state index is 14.7. The third-order valence-electron chi connectivity index (χ3n) is 5.46. The van der Waals surface area contributed by atoms with Gasteiger partial charge in [-0.3, -0.25) is 9.89 Å². The van der Waals surface area contributed by atoms with Gasteiger partial charge in [-0.1, -0.05) is 24.2 Å². The van der Waals surface area contributed by atoms with Crippen LogP contribution >= 0.6 is 0 Å². The Labute approximate surface area is 184 Å². The van der Waals surface area contributed by atoms with E-state index in [2.05, 4.69) is 20.8 Å².